The monoisotopic (exact) mass is 313 g/mol. The van der Waals surface area contributed by atoms with Gasteiger partial charge in [-0.05, 0) is 25.0 Å². The van der Waals surface area contributed by atoms with E-state index in [0.717, 1.165) is 49.7 Å². The van der Waals surface area contributed by atoms with Gasteiger partial charge in [0.05, 0.1) is 18.2 Å². The average Bonchev–Trinajstić information content (AvgIpc) is 2.52. The number of pyridine rings is 1. The first-order valence-corrected chi connectivity index (χ1v) is 8.56. The molecule has 2 heterocycles. The molecule has 0 aliphatic carbocycles. The molecule has 1 atom stereocenters. The van der Waals surface area contributed by atoms with Crippen LogP contribution in [-0.2, 0) is 4.74 Å². The van der Waals surface area contributed by atoms with Crippen LogP contribution in [0.5, 0.6) is 0 Å². The first-order valence-electron chi connectivity index (χ1n) is 8.56. The molecule has 2 aromatic rings. The molecule has 0 unspecified atom stereocenters. The summed E-state index contributed by atoms with van der Waals surface area (Å²) < 4.78 is 5.93. The van der Waals surface area contributed by atoms with E-state index >= 15 is 0 Å². The SMILES string of the molecule is Cc1cc(NC[C@H]2CN(CC(C)C)CCO2)c2ccccc2n1. The number of aromatic nitrogens is 1. The van der Waals surface area contributed by atoms with E-state index in [1.807, 2.05) is 13.0 Å². The predicted molar refractivity (Wildman–Crippen MR) is 96.0 cm³/mol. The number of fused-ring (bicyclic) bond motifs is 1. The largest absolute Gasteiger partial charge is 0.382 e. The van der Waals surface area contributed by atoms with Crippen LogP contribution in [0.15, 0.2) is 30.3 Å². The van der Waals surface area contributed by atoms with Gasteiger partial charge in [-0.1, -0.05) is 32.0 Å². The average molecular weight is 313 g/mol. The Balaban J connectivity index is 1.66. The normalized spacial score (nSPS) is 19.4. The van der Waals surface area contributed by atoms with Crippen molar-refractivity contribution in [3.8, 4) is 0 Å². The summed E-state index contributed by atoms with van der Waals surface area (Å²) in [6.45, 7) is 11.5. The van der Waals surface area contributed by atoms with Crippen molar-refractivity contribution in [2.75, 3.05) is 38.1 Å². The Kier molecular flexibility index (Phi) is 5.13. The second-order valence-electron chi connectivity index (χ2n) is 6.86. The van der Waals surface area contributed by atoms with Crippen LogP contribution in [0.25, 0.3) is 10.9 Å². The first kappa shape index (κ1) is 16.2. The lowest BCUT2D eigenvalue weighted by molar-refractivity contribution is -0.0244. The van der Waals surface area contributed by atoms with Gasteiger partial charge in [0.1, 0.15) is 0 Å². The molecule has 4 nitrogen and oxygen atoms in total. The van der Waals surface area contributed by atoms with Crippen LogP contribution in [0.2, 0.25) is 0 Å². The van der Waals surface area contributed by atoms with Crippen LogP contribution < -0.4 is 5.32 Å². The summed E-state index contributed by atoms with van der Waals surface area (Å²) in [6.07, 6.45) is 0.245. The smallest absolute Gasteiger partial charge is 0.0874 e. The lowest BCUT2D eigenvalue weighted by Gasteiger charge is -2.34. The minimum atomic E-state index is 0.245. The molecule has 0 amide bonds. The maximum Gasteiger partial charge on any atom is 0.0874 e. The van der Waals surface area contributed by atoms with Gasteiger partial charge in [-0.2, -0.15) is 0 Å². The third-order valence-corrected chi connectivity index (χ3v) is 4.21. The maximum absolute atomic E-state index is 5.93. The standard InChI is InChI=1S/C19H27N3O/c1-14(2)12-22-8-9-23-16(13-22)11-20-19-10-15(3)21-18-7-5-4-6-17(18)19/h4-7,10,14,16H,8-9,11-13H2,1-3H3,(H,20,21)/t16-/m0/s1. The molecule has 1 N–H and O–H groups in total. The fraction of sp³-hybridized carbons (Fsp3) is 0.526. The minimum absolute atomic E-state index is 0.245. The molecule has 1 aromatic carbocycles. The molecule has 1 aliphatic rings. The molecular formula is C19H27N3O. The van der Waals surface area contributed by atoms with Crippen molar-refractivity contribution >= 4 is 16.6 Å². The fourth-order valence-corrected chi connectivity index (χ4v) is 3.26. The summed E-state index contributed by atoms with van der Waals surface area (Å²) in [4.78, 5) is 7.11. The number of hydrogen-bond acceptors (Lipinski definition) is 4. The highest BCUT2D eigenvalue weighted by atomic mass is 16.5. The van der Waals surface area contributed by atoms with Crippen molar-refractivity contribution in [1.82, 2.24) is 9.88 Å². The summed E-state index contributed by atoms with van der Waals surface area (Å²) in [7, 11) is 0. The van der Waals surface area contributed by atoms with Gasteiger partial charge in [0.2, 0.25) is 0 Å². The number of hydrogen-bond donors (Lipinski definition) is 1. The summed E-state index contributed by atoms with van der Waals surface area (Å²) in [5.41, 5.74) is 3.23. The quantitative estimate of drug-likeness (QED) is 0.919. The third kappa shape index (κ3) is 4.21. The number of nitrogens with zero attached hydrogens (tertiary/aromatic N) is 2. The summed E-state index contributed by atoms with van der Waals surface area (Å²) in [6, 6.07) is 10.4. The Morgan fingerprint density at radius 1 is 1.35 bits per heavy atom. The molecule has 0 saturated carbocycles. The van der Waals surface area contributed by atoms with E-state index in [0.29, 0.717) is 5.92 Å². The minimum Gasteiger partial charge on any atom is -0.382 e. The van der Waals surface area contributed by atoms with Gasteiger partial charge in [0, 0.05) is 42.9 Å². The van der Waals surface area contributed by atoms with Crippen molar-refractivity contribution in [2.24, 2.45) is 5.92 Å². The Morgan fingerprint density at radius 2 is 2.17 bits per heavy atom. The molecule has 4 heteroatoms. The zero-order chi connectivity index (χ0) is 16.2. The number of para-hydroxylation sites is 1. The van der Waals surface area contributed by atoms with Gasteiger partial charge in [-0.3, -0.25) is 9.88 Å². The van der Waals surface area contributed by atoms with E-state index in [4.69, 9.17) is 4.74 Å². The van der Waals surface area contributed by atoms with Crippen LogP contribution in [0.4, 0.5) is 5.69 Å². The number of ether oxygens (including phenoxy) is 1. The predicted octanol–water partition coefficient (Wildman–Crippen LogP) is 3.31. The summed E-state index contributed by atoms with van der Waals surface area (Å²) in [5, 5.41) is 4.75. The Morgan fingerprint density at radius 3 is 3.00 bits per heavy atom. The molecular weight excluding hydrogens is 286 g/mol. The van der Waals surface area contributed by atoms with Crippen LogP contribution in [0.1, 0.15) is 19.5 Å². The molecule has 1 saturated heterocycles. The van der Waals surface area contributed by atoms with E-state index in [1.54, 1.807) is 0 Å². The zero-order valence-corrected chi connectivity index (χ0v) is 14.4. The van der Waals surface area contributed by atoms with Crippen LogP contribution in [0, 0.1) is 12.8 Å². The van der Waals surface area contributed by atoms with E-state index in [1.165, 1.54) is 5.39 Å². The van der Waals surface area contributed by atoms with E-state index < -0.39 is 0 Å². The summed E-state index contributed by atoms with van der Waals surface area (Å²) >= 11 is 0. The van der Waals surface area contributed by atoms with Crippen molar-refractivity contribution < 1.29 is 4.74 Å². The fourth-order valence-electron chi connectivity index (χ4n) is 3.26. The lowest BCUT2D eigenvalue weighted by atomic mass is 10.1. The van der Waals surface area contributed by atoms with Gasteiger partial charge in [0.25, 0.3) is 0 Å². The Hall–Kier alpha value is -1.65. The van der Waals surface area contributed by atoms with E-state index in [9.17, 15) is 0 Å². The van der Waals surface area contributed by atoms with Crippen molar-refractivity contribution in [2.45, 2.75) is 26.9 Å². The Bertz CT molecular complexity index is 656. The second-order valence-corrected chi connectivity index (χ2v) is 6.86. The van der Waals surface area contributed by atoms with Crippen LogP contribution in [0.3, 0.4) is 0 Å². The lowest BCUT2D eigenvalue weighted by Crippen LogP contribution is -2.46. The van der Waals surface area contributed by atoms with Crippen molar-refractivity contribution in [3.05, 3.63) is 36.0 Å². The molecule has 124 valence electrons. The number of aryl methyl sites for hydroxylation is 1. The van der Waals surface area contributed by atoms with E-state index in [-0.39, 0.29) is 6.10 Å². The second kappa shape index (κ2) is 7.28. The van der Waals surface area contributed by atoms with Crippen LogP contribution >= 0.6 is 0 Å². The number of nitrogens with one attached hydrogen (secondary N) is 1. The number of rotatable bonds is 5. The van der Waals surface area contributed by atoms with Gasteiger partial charge in [-0.15, -0.1) is 0 Å². The third-order valence-electron chi connectivity index (χ3n) is 4.21. The van der Waals surface area contributed by atoms with Gasteiger partial charge in [0.15, 0.2) is 0 Å². The molecule has 0 spiro atoms. The van der Waals surface area contributed by atoms with Gasteiger partial charge in [-0.25, -0.2) is 0 Å². The highest BCUT2D eigenvalue weighted by molar-refractivity contribution is 5.91. The molecule has 0 bridgehead atoms. The van der Waals surface area contributed by atoms with Crippen molar-refractivity contribution in [1.29, 1.82) is 0 Å². The summed E-state index contributed by atoms with van der Waals surface area (Å²) in [5.74, 6) is 0.702. The highest BCUT2D eigenvalue weighted by Crippen LogP contribution is 2.23. The van der Waals surface area contributed by atoms with Gasteiger partial charge < -0.3 is 10.1 Å². The molecule has 1 fully saturated rings. The topological polar surface area (TPSA) is 37.4 Å². The zero-order valence-electron chi connectivity index (χ0n) is 14.4. The molecule has 23 heavy (non-hydrogen) atoms. The molecule has 1 aromatic heterocycles. The number of morpholine rings is 1. The maximum atomic E-state index is 5.93. The molecule has 1 aliphatic heterocycles. The highest BCUT2D eigenvalue weighted by Gasteiger charge is 2.20. The van der Waals surface area contributed by atoms with Crippen LogP contribution in [-0.4, -0.2) is 48.8 Å². The van der Waals surface area contributed by atoms with Gasteiger partial charge >= 0.3 is 0 Å². The van der Waals surface area contributed by atoms with Crippen molar-refractivity contribution in [3.63, 3.8) is 0 Å². The number of benzene rings is 1. The first-order chi connectivity index (χ1) is 11.1. The number of anilines is 1. The molecule has 0 radical (unpaired) electrons. The molecule has 3 rings (SSSR count). The van der Waals surface area contributed by atoms with E-state index in [2.05, 4.69) is 53.3 Å². The Labute approximate surface area is 138 Å².